The summed E-state index contributed by atoms with van der Waals surface area (Å²) >= 11 is 3.39. The summed E-state index contributed by atoms with van der Waals surface area (Å²) in [6.45, 7) is 1.01. The zero-order chi connectivity index (χ0) is 11.1. The van der Waals surface area contributed by atoms with Gasteiger partial charge in [0, 0.05) is 28.7 Å². The molecule has 2 aromatic rings. The van der Waals surface area contributed by atoms with Crippen LogP contribution in [0.15, 0.2) is 22.7 Å². The van der Waals surface area contributed by atoms with Gasteiger partial charge >= 0.3 is 0 Å². The van der Waals surface area contributed by atoms with Gasteiger partial charge in [-0.15, -0.1) is 10.2 Å². The second kappa shape index (κ2) is 3.59. The number of rotatable bonds is 1. The quantitative estimate of drug-likeness (QED) is 0.814. The third kappa shape index (κ3) is 1.43. The van der Waals surface area contributed by atoms with Gasteiger partial charge in [-0.25, -0.2) is 0 Å². The van der Waals surface area contributed by atoms with Crippen molar-refractivity contribution in [2.45, 2.75) is 19.4 Å². The van der Waals surface area contributed by atoms with Gasteiger partial charge in [-0.1, -0.05) is 0 Å². The van der Waals surface area contributed by atoms with Gasteiger partial charge in [-0.2, -0.15) is 0 Å². The number of hydrogen-bond donors (Lipinski definition) is 1. The van der Waals surface area contributed by atoms with Crippen molar-refractivity contribution in [1.29, 1.82) is 0 Å². The number of halogens is 1. The Morgan fingerprint density at radius 3 is 3.00 bits per heavy atom. The molecule has 82 valence electrons. The van der Waals surface area contributed by atoms with Gasteiger partial charge in [0.05, 0.1) is 0 Å². The average Bonchev–Trinajstić information content (AvgIpc) is 2.83. The summed E-state index contributed by atoms with van der Waals surface area (Å²) in [6, 6.07) is 5.89. The largest absolute Gasteiger partial charge is 0.398 e. The normalized spacial score (nSPS) is 14.1. The molecule has 0 bridgehead atoms. The van der Waals surface area contributed by atoms with Crippen molar-refractivity contribution < 1.29 is 0 Å². The van der Waals surface area contributed by atoms with E-state index in [2.05, 4.69) is 30.7 Å². The highest BCUT2D eigenvalue weighted by molar-refractivity contribution is 9.10. The van der Waals surface area contributed by atoms with Crippen molar-refractivity contribution in [2.24, 2.45) is 0 Å². The molecule has 16 heavy (non-hydrogen) atoms. The average molecular weight is 279 g/mol. The standard InChI is InChI=1S/C11H11BrN4/c12-8-4-3-7(6-9(8)13)11-15-14-10-2-1-5-16(10)11/h3-4,6H,1-2,5,13H2. The van der Waals surface area contributed by atoms with Gasteiger partial charge in [0.15, 0.2) is 5.82 Å². The van der Waals surface area contributed by atoms with Crippen LogP contribution in [0, 0.1) is 0 Å². The Morgan fingerprint density at radius 1 is 1.31 bits per heavy atom. The number of nitrogens with two attached hydrogens (primary N) is 1. The van der Waals surface area contributed by atoms with Gasteiger partial charge in [0.1, 0.15) is 5.82 Å². The van der Waals surface area contributed by atoms with Crippen LogP contribution in [0.1, 0.15) is 12.2 Å². The van der Waals surface area contributed by atoms with Crippen molar-refractivity contribution in [3.8, 4) is 11.4 Å². The second-order valence-electron chi connectivity index (χ2n) is 3.93. The first kappa shape index (κ1) is 9.84. The molecule has 3 rings (SSSR count). The maximum atomic E-state index is 5.87. The molecule has 0 saturated carbocycles. The first-order valence-electron chi connectivity index (χ1n) is 5.23. The Kier molecular flexibility index (Phi) is 2.21. The molecule has 0 spiro atoms. The smallest absolute Gasteiger partial charge is 0.164 e. The summed E-state index contributed by atoms with van der Waals surface area (Å²) in [5, 5.41) is 8.41. The number of hydrogen-bond acceptors (Lipinski definition) is 3. The predicted octanol–water partition coefficient (Wildman–Crippen LogP) is 2.24. The lowest BCUT2D eigenvalue weighted by molar-refractivity contribution is 0.748. The van der Waals surface area contributed by atoms with Crippen LogP contribution in [0.5, 0.6) is 0 Å². The summed E-state index contributed by atoms with van der Waals surface area (Å²) in [5.74, 6) is 2.00. The molecular weight excluding hydrogens is 268 g/mol. The molecule has 0 aliphatic carbocycles. The summed E-state index contributed by atoms with van der Waals surface area (Å²) in [4.78, 5) is 0. The minimum atomic E-state index is 0.729. The molecule has 1 aliphatic heterocycles. The van der Waals surface area contributed by atoms with Gasteiger partial charge < -0.3 is 10.3 Å². The fourth-order valence-electron chi connectivity index (χ4n) is 2.05. The van der Waals surface area contributed by atoms with E-state index >= 15 is 0 Å². The lowest BCUT2D eigenvalue weighted by atomic mass is 10.2. The Bertz CT molecular complexity index is 547. The van der Waals surface area contributed by atoms with Crippen LogP contribution in [0.4, 0.5) is 5.69 Å². The number of nitrogens with zero attached hydrogens (tertiary/aromatic N) is 3. The molecule has 0 radical (unpaired) electrons. The molecule has 0 unspecified atom stereocenters. The highest BCUT2D eigenvalue weighted by Gasteiger charge is 2.18. The van der Waals surface area contributed by atoms with Gasteiger partial charge in [-0.05, 0) is 40.5 Å². The zero-order valence-electron chi connectivity index (χ0n) is 8.65. The van der Waals surface area contributed by atoms with Crippen LogP contribution < -0.4 is 5.73 Å². The number of nitrogen functional groups attached to an aromatic ring is 1. The molecule has 0 fully saturated rings. The molecule has 0 atom stereocenters. The van der Waals surface area contributed by atoms with Gasteiger partial charge in [0.25, 0.3) is 0 Å². The van der Waals surface area contributed by atoms with Crippen LogP contribution in [0.2, 0.25) is 0 Å². The number of aryl methyl sites for hydroxylation is 1. The third-order valence-electron chi connectivity index (χ3n) is 2.86. The molecular formula is C11H11BrN4. The van der Waals surface area contributed by atoms with E-state index in [0.717, 1.165) is 46.8 Å². The van der Waals surface area contributed by atoms with Gasteiger partial charge in [-0.3, -0.25) is 0 Å². The second-order valence-corrected chi connectivity index (χ2v) is 4.79. The molecule has 1 aliphatic rings. The first-order chi connectivity index (χ1) is 7.75. The SMILES string of the molecule is Nc1cc(-c2nnc3n2CCC3)ccc1Br. The summed E-state index contributed by atoms with van der Waals surface area (Å²) in [5.41, 5.74) is 7.63. The van der Waals surface area contributed by atoms with E-state index in [1.54, 1.807) is 0 Å². The molecule has 4 nitrogen and oxygen atoms in total. The summed E-state index contributed by atoms with van der Waals surface area (Å²) in [7, 11) is 0. The highest BCUT2D eigenvalue weighted by Crippen LogP contribution is 2.28. The lowest BCUT2D eigenvalue weighted by Crippen LogP contribution is -1.97. The molecule has 1 aromatic heterocycles. The molecule has 2 N–H and O–H groups in total. The van der Waals surface area contributed by atoms with E-state index in [1.807, 2.05) is 18.2 Å². The van der Waals surface area contributed by atoms with Gasteiger partial charge in [0.2, 0.25) is 0 Å². The van der Waals surface area contributed by atoms with Crippen molar-refractivity contribution in [2.75, 3.05) is 5.73 Å². The van der Waals surface area contributed by atoms with Crippen molar-refractivity contribution >= 4 is 21.6 Å². The number of fused-ring (bicyclic) bond motifs is 1. The maximum absolute atomic E-state index is 5.87. The molecule has 2 heterocycles. The molecule has 1 aromatic carbocycles. The predicted molar refractivity (Wildman–Crippen MR) is 65.9 cm³/mol. The molecule has 0 saturated heterocycles. The van der Waals surface area contributed by atoms with Crippen molar-refractivity contribution in [1.82, 2.24) is 14.8 Å². The molecule has 0 amide bonds. The van der Waals surface area contributed by atoms with E-state index in [0.29, 0.717) is 0 Å². The van der Waals surface area contributed by atoms with Crippen LogP contribution in [0.25, 0.3) is 11.4 Å². The lowest BCUT2D eigenvalue weighted by Gasteiger charge is -2.04. The molecule has 5 heteroatoms. The van der Waals surface area contributed by atoms with Crippen LogP contribution in [-0.4, -0.2) is 14.8 Å². The van der Waals surface area contributed by atoms with E-state index in [1.165, 1.54) is 0 Å². The number of anilines is 1. The van der Waals surface area contributed by atoms with Crippen molar-refractivity contribution in [3.05, 3.63) is 28.5 Å². The highest BCUT2D eigenvalue weighted by atomic mass is 79.9. The third-order valence-corrected chi connectivity index (χ3v) is 3.59. The Hall–Kier alpha value is -1.36. The van der Waals surface area contributed by atoms with E-state index in [9.17, 15) is 0 Å². The minimum Gasteiger partial charge on any atom is -0.398 e. The Morgan fingerprint density at radius 2 is 2.19 bits per heavy atom. The fourth-order valence-corrected chi connectivity index (χ4v) is 2.29. The summed E-state index contributed by atoms with van der Waals surface area (Å²) < 4.78 is 3.08. The Labute approximate surface area is 102 Å². The fraction of sp³-hybridized carbons (Fsp3) is 0.273. The number of aromatic nitrogens is 3. The van der Waals surface area contributed by atoms with E-state index in [-0.39, 0.29) is 0 Å². The monoisotopic (exact) mass is 278 g/mol. The number of benzene rings is 1. The minimum absolute atomic E-state index is 0.729. The van der Waals surface area contributed by atoms with E-state index < -0.39 is 0 Å². The van der Waals surface area contributed by atoms with Crippen LogP contribution >= 0.6 is 15.9 Å². The Balaban J connectivity index is 2.11. The maximum Gasteiger partial charge on any atom is 0.164 e. The first-order valence-corrected chi connectivity index (χ1v) is 6.02. The zero-order valence-corrected chi connectivity index (χ0v) is 10.2. The van der Waals surface area contributed by atoms with E-state index in [4.69, 9.17) is 5.73 Å². The summed E-state index contributed by atoms with van der Waals surface area (Å²) in [6.07, 6.45) is 2.18. The van der Waals surface area contributed by atoms with Crippen molar-refractivity contribution in [3.63, 3.8) is 0 Å². The topological polar surface area (TPSA) is 56.7 Å². The van der Waals surface area contributed by atoms with Crippen LogP contribution in [0.3, 0.4) is 0 Å². The van der Waals surface area contributed by atoms with Crippen LogP contribution in [-0.2, 0) is 13.0 Å².